The molecule has 2 nitrogen and oxygen atoms in total. The molecule has 4 heteroatoms. The van der Waals surface area contributed by atoms with Gasteiger partial charge >= 0.3 is 0 Å². The van der Waals surface area contributed by atoms with Crippen LogP contribution in [0, 0.1) is 19.7 Å². The molecule has 2 aromatic rings. The molecule has 0 radical (unpaired) electrons. The Morgan fingerprint density at radius 3 is 2.78 bits per heavy atom. The quantitative estimate of drug-likeness (QED) is 0.909. The number of halogens is 1. The standard InChI is InChI=1S/C14H17FN2S/c1-9(12-5-4-6-13(15)7-12)16-8-14-10(2)17-11(3)18-14/h4-7,9,16H,8H2,1-3H3. The summed E-state index contributed by atoms with van der Waals surface area (Å²) in [6.45, 7) is 6.84. The van der Waals surface area contributed by atoms with E-state index in [1.807, 2.05) is 26.8 Å². The Morgan fingerprint density at radius 1 is 1.39 bits per heavy atom. The molecule has 0 aliphatic carbocycles. The van der Waals surface area contributed by atoms with E-state index >= 15 is 0 Å². The second-order valence-electron chi connectivity index (χ2n) is 4.40. The predicted molar refractivity (Wildman–Crippen MR) is 73.2 cm³/mol. The average molecular weight is 264 g/mol. The van der Waals surface area contributed by atoms with Gasteiger partial charge in [-0.1, -0.05) is 12.1 Å². The number of thiazole rings is 1. The third-order valence-electron chi connectivity index (χ3n) is 2.92. The number of benzene rings is 1. The molecular weight excluding hydrogens is 247 g/mol. The monoisotopic (exact) mass is 264 g/mol. The van der Waals surface area contributed by atoms with Crippen molar-refractivity contribution in [1.29, 1.82) is 0 Å². The molecule has 0 saturated heterocycles. The summed E-state index contributed by atoms with van der Waals surface area (Å²) in [7, 11) is 0. The van der Waals surface area contributed by atoms with Gasteiger partial charge in [-0.15, -0.1) is 11.3 Å². The molecule has 0 saturated carbocycles. The molecule has 2 rings (SSSR count). The number of aryl methyl sites for hydroxylation is 2. The minimum Gasteiger partial charge on any atom is -0.305 e. The van der Waals surface area contributed by atoms with E-state index in [9.17, 15) is 4.39 Å². The van der Waals surface area contributed by atoms with E-state index in [4.69, 9.17) is 0 Å². The highest BCUT2D eigenvalue weighted by molar-refractivity contribution is 7.11. The maximum absolute atomic E-state index is 13.1. The first-order chi connectivity index (χ1) is 8.56. The van der Waals surface area contributed by atoms with Crippen molar-refractivity contribution in [3.63, 3.8) is 0 Å². The van der Waals surface area contributed by atoms with Crippen LogP contribution in [0.5, 0.6) is 0 Å². The molecule has 96 valence electrons. The minimum absolute atomic E-state index is 0.127. The zero-order chi connectivity index (χ0) is 13.1. The van der Waals surface area contributed by atoms with Gasteiger partial charge in [0.1, 0.15) is 5.82 Å². The average Bonchev–Trinajstić information content (AvgIpc) is 2.65. The lowest BCUT2D eigenvalue weighted by Crippen LogP contribution is -2.18. The van der Waals surface area contributed by atoms with Gasteiger partial charge in [-0.2, -0.15) is 0 Å². The van der Waals surface area contributed by atoms with Crippen molar-refractivity contribution in [1.82, 2.24) is 10.3 Å². The van der Waals surface area contributed by atoms with E-state index in [1.54, 1.807) is 23.5 Å². The van der Waals surface area contributed by atoms with Crippen molar-refractivity contribution in [3.8, 4) is 0 Å². The maximum atomic E-state index is 13.1. The van der Waals surface area contributed by atoms with Crippen LogP contribution in [0.1, 0.15) is 34.1 Å². The summed E-state index contributed by atoms with van der Waals surface area (Å²) in [4.78, 5) is 5.64. The first-order valence-corrected chi connectivity index (χ1v) is 6.79. The Kier molecular flexibility index (Phi) is 4.09. The zero-order valence-corrected chi connectivity index (χ0v) is 11.6. The van der Waals surface area contributed by atoms with E-state index in [1.165, 1.54) is 10.9 Å². The summed E-state index contributed by atoms with van der Waals surface area (Å²) in [6, 6.07) is 6.84. The van der Waals surface area contributed by atoms with Crippen LogP contribution in [0.25, 0.3) is 0 Å². The van der Waals surface area contributed by atoms with Crippen LogP contribution in [0.2, 0.25) is 0 Å². The Morgan fingerprint density at radius 2 is 2.17 bits per heavy atom. The summed E-state index contributed by atoms with van der Waals surface area (Å²) in [5.74, 6) is -0.189. The van der Waals surface area contributed by atoms with Gasteiger partial charge in [-0.25, -0.2) is 9.37 Å². The highest BCUT2D eigenvalue weighted by Gasteiger charge is 2.09. The van der Waals surface area contributed by atoms with Gasteiger partial charge in [0.05, 0.1) is 10.7 Å². The van der Waals surface area contributed by atoms with E-state index in [-0.39, 0.29) is 11.9 Å². The van der Waals surface area contributed by atoms with Gasteiger partial charge < -0.3 is 5.32 Å². The highest BCUT2D eigenvalue weighted by atomic mass is 32.1. The van der Waals surface area contributed by atoms with Crippen molar-refractivity contribution in [2.45, 2.75) is 33.4 Å². The third-order valence-corrected chi connectivity index (χ3v) is 3.99. The number of hydrogen-bond donors (Lipinski definition) is 1. The van der Waals surface area contributed by atoms with Crippen LogP contribution in [-0.4, -0.2) is 4.98 Å². The highest BCUT2D eigenvalue weighted by Crippen LogP contribution is 2.19. The summed E-state index contributed by atoms with van der Waals surface area (Å²) in [5.41, 5.74) is 2.05. The number of nitrogens with one attached hydrogen (secondary N) is 1. The van der Waals surface area contributed by atoms with Gasteiger partial charge in [-0.05, 0) is 38.5 Å². The fourth-order valence-electron chi connectivity index (χ4n) is 1.88. The normalized spacial score (nSPS) is 12.7. The van der Waals surface area contributed by atoms with Crippen molar-refractivity contribution in [3.05, 3.63) is 51.2 Å². The van der Waals surface area contributed by atoms with Crippen LogP contribution in [0.3, 0.4) is 0 Å². The predicted octanol–water partition coefficient (Wildman–Crippen LogP) is 3.75. The Bertz CT molecular complexity index is 536. The van der Waals surface area contributed by atoms with Gasteiger partial charge in [0.2, 0.25) is 0 Å². The molecule has 1 aromatic heterocycles. The number of aromatic nitrogens is 1. The van der Waals surface area contributed by atoms with Crippen LogP contribution in [0.4, 0.5) is 4.39 Å². The second kappa shape index (κ2) is 5.59. The summed E-state index contributed by atoms with van der Waals surface area (Å²) < 4.78 is 13.1. The Labute approximate surface area is 111 Å². The van der Waals surface area contributed by atoms with Crippen LogP contribution in [-0.2, 0) is 6.54 Å². The van der Waals surface area contributed by atoms with E-state index in [0.29, 0.717) is 0 Å². The van der Waals surface area contributed by atoms with Crippen LogP contribution >= 0.6 is 11.3 Å². The van der Waals surface area contributed by atoms with Gasteiger partial charge in [0, 0.05) is 17.5 Å². The van der Waals surface area contributed by atoms with Crippen LogP contribution < -0.4 is 5.32 Å². The summed E-state index contributed by atoms with van der Waals surface area (Å²) >= 11 is 1.71. The van der Waals surface area contributed by atoms with Gasteiger partial charge in [0.15, 0.2) is 0 Å². The Hall–Kier alpha value is -1.26. The summed E-state index contributed by atoms with van der Waals surface area (Å²) in [5, 5.41) is 4.49. The zero-order valence-electron chi connectivity index (χ0n) is 10.8. The number of hydrogen-bond acceptors (Lipinski definition) is 3. The van der Waals surface area contributed by atoms with Crippen molar-refractivity contribution in [2.75, 3.05) is 0 Å². The lowest BCUT2D eigenvalue weighted by Gasteiger charge is -2.13. The molecule has 0 fully saturated rings. The van der Waals surface area contributed by atoms with E-state index in [0.717, 1.165) is 22.8 Å². The minimum atomic E-state index is -0.189. The molecule has 1 N–H and O–H groups in total. The molecule has 1 atom stereocenters. The SMILES string of the molecule is Cc1nc(C)c(CNC(C)c2cccc(F)c2)s1. The van der Waals surface area contributed by atoms with Gasteiger partial charge in [-0.3, -0.25) is 0 Å². The molecule has 1 heterocycles. The van der Waals surface area contributed by atoms with E-state index < -0.39 is 0 Å². The first kappa shape index (κ1) is 13.2. The molecule has 0 bridgehead atoms. The van der Waals surface area contributed by atoms with Crippen molar-refractivity contribution >= 4 is 11.3 Å². The maximum Gasteiger partial charge on any atom is 0.123 e. The molecule has 0 aliphatic heterocycles. The fraction of sp³-hybridized carbons (Fsp3) is 0.357. The topological polar surface area (TPSA) is 24.9 Å². The largest absolute Gasteiger partial charge is 0.305 e. The lowest BCUT2D eigenvalue weighted by molar-refractivity contribution is 0.567. The number of nitrogens with zero attached hydrogens (tertiary/aromatic N) is 1. The lowest BCUT2D eigenvalue weighted by atomic mass is 10.1. The van der Waals surface area contributed by atoms with E-state index in [2.05, 4.69) is 10.3 Å². The fourth-order valence-corrected chi connectivity index (χ4v) is 2.77. The molecule has 0 amide bonds. The Balaban J connectivity index is 2.00. The van der Waals surface area contributed by atoms with Crippen molar-refractivity contribution < 1.29 is 4.39 Å². The molecule has 0 spiro atoms. The molecule has 1 aromatic carbocycles. The molecular formula is C14H17FN2S. The van der Waals surface area contributed by atoms with Gasteiger partial charge in [0.25, 0.3) is 0 Å². The third kappa shape index (κ3) is 3.15. The van der Waals surface area contributed by atoms with Crippen LogP contribution in [0.15, 0.2) is 24.3 Å². The number of rotatable bonds is 4. The molecule has 0 aliphatic rings. The first-order valence-electron chi connectivity index (χ1n) is 5.98. The summed E-state index contributed by atoms with van der Waals surface area (Å²) in [6.07, 6.45) is 0. The second-order valence-corrected chi connectivity index (χ2v) is 5.69. The molecule has 18 heavy (non-hydrogen) atoms. The molecule has 1 unspecified atom stereocenters. The van der Waals surface area contributed by atoms with Crippen molar-refractivity contribution in [2.24, 2.45) is 0 Å². The smallest absolute Gasteiger partial charge is 0.123 e.